The second-order valence-electron chi connectivity index (χ2n) is 6.90. The zero-order valence-electron chi connectivity index (χ0n) is 15.4. The Labute approximate surface area is 170 Å². The van der Waals surface area contributed by atoms with Crippen molar-refractivity contribution < 1.29 is 28.2 Å². The summed E-state index contributed by atoms with van der Waals surface area (Å²) in [6.07, 6.45) is 0.747. The molecule has 1 aliphatic heterocycles. The molecule has 1 N–H and O–H groups in total. The second kappa shape index (κ2) is 8.18. The van der Waals surface area contributed by atoms with E-state index in [4.69, 9.17) is 14.2 Å². The molecule has 6 nitrogen and oxygen atoms in total. The lowest BCUT2D eigenvalue weighted by Crippen LogP contribution is -2.25. The summed E-state index contributed by atoms with van der Waals surface area (Å²) < 4.78 is 30.5. The number of amides is 1. The number of carbonyl (C=O) groups excluding carboxylic acids is 2. The Hall–Kier alpha value is -2.61. The number of anilines is 1. The molecule has 0 aromatic heterocycles. The molecule has 1 aliphatic rings. The van der Waals surface area contributed by atoms with Gasteiger partial charge in [-0.2, -0.15) is 0 Å². The number of esters is 1. The van der Waals surface area contributed by atoms with Crippen LogP contribution >= 0.6 is 15.9 Å². The number of carbonyl (C=O) groups is 2. The van der Waals surface area contributed by atoms with Crippen LogP contribution in [0.1, 0.15) is 19.4 Å². The molecule has 1 heterocycles. The van der Waals surface area contributed by atoms with Crippen molar-refractivity contribution in [3.63, 3.8) is 0 Å². The van der Waals surface area contributed by atoms with Gasteiger partial charge in [0.2, 0.25) is 0 Å². The summed E-state index contributed by atoms with van der Waals surface area (Å²) in [5.74, 6) is -0.912. The molecule has 2 aromatic carbocycles. The predicted molar refractivity (Wildman–Crippen MR) is 104 cm³/mol. The smallest absolute Gasteiger partial charge is 0.344 e. The quantitative estimate of drug-likeness (QED) is 0.674. The third-order valence-electron chi connectivity index (χ3n) is 3.97. The van der Waals surface area contributed by atoms with E-state index in [1.54, 1.807) is 12.1 Å². The zero-order chi connectivity index (χ0) is 20.3. The molecule has 0 atom stereocenters. The lowest BCUT2D eigenvalue weighted by Gasteiger charge is -2.18. The molecule has 0 fully saturated rings. The maximum Gasteiger partial charge on any atom is 0.344 e. The topological polar surface area (TPSA) is 73.9 Å². The van der Waals surface area contributed by atoms with E-state index in [0.29, 0.717) is 16.0 Å². The highest BCUT2D eigenvalue weighted by atomic mass is 79.9. The Balaban J connectivity index is 1.48. The van der Waals surface area contributed by atoms with Crippen LogP contribution in [0.25, 0.3) is 0 Å². The minimum Gasteiger partial charge on any atom is -0.483 e. The minimum absolute atomic E-state index is 0.000103. The first-order valence-electron chi connectivity index (χ1n) is 8.58. The van der Waals surface area contributed by atoms with Crippen LogP contribution < -0.4 is 14.8 Å². The Kier molecular flexibility index (Phi) is 5.88. The van der Waals surface area contributed by atoms with Gasteiger partial charge in [-0.15, -0.1) is 0 Å². The molecule has 0 saturated heterocycles. The highest BCUT2D eigenvalue weighted by Gasteiger charge is 2.32. The summed E-state index contributed by atoms with van der Waals surface area (Å²) in [6, 6.07) is 9.68. The molecule has 28 heavy (non-hydrogen) atoms. The van der Waals surface area contributed by atoms with Crippen molar-refractivity contribution in [1.29, 1.82) is 0 Å². The molecule has 0 bridgehead atoms. The summed E-state index contributed by atoms with van der Waals surface area (Å²) in [6.45, 7) is 3.02. The second-order valence-corrected chi connectivity index (χ2v) is 7.82. The van der Waals surface area contributed by atoms with Crippen molar-refractivity contribution in [2.24, 2.45) is 0 Å². The van der Waals surface area contributed by atoms with Gasteiger partial charge < -0.3 is 19.5 Å². The molecule has 0 saturated carbocycles. The number of fused-ring (bicyclic) bond motifs is 1. The van der Waals surface area contributed by atoms with Crippen LogP contribution in [0.3, 0.4) is 0 Å². The highest BCUT2D eigenvalue weighted by Crippen LogP contribution is 2.41. The van der Waals surface area contributed by atoms with Crippen LogP contribution in [0.5, 0.6) is 11.5 Å². The SMILES string of the molecule is CC1(C)Cc2cccc(OCC(=O)OCC(=O)Nc3ccc(Br)cc3F)c2O1. The summed E-state index contributed by atoms with van der Waals surface area (Å²) in [5, 5.41) is 2.34. The molecular formula is C20H19BrFNO5. The van der Waals surface area contributed by atoms with Crippen LogP contribution in [0, 0.1) is 5.82 Å². The fourth-order valence-electron chi connectivity index (χ4n) is 2.80. The van der Waals surface area contributed by atoms with Crippen LogP contribution in [0.15, 0.2) is 40.9 Å². The fourth-order valence-corrected chi connectivity index (χ4v) is 3.14. The number of ether oxygens (including phenoxy) is 3. The average molecular weight is 452 g/mol. The van der Waals surface area contributed by atoms with Gasteiger partial charge in [-0.1, -0.05) is 28.1 Å². The van der Waals surface area contributed by atoms with E-state index < -0.39 is 24.3 Å². The number of nitrogens with one attached hydrogen (secondary N) is 1. The first-order chi connectivity index (χ1) is 13.2. The molecule has 0 radical (unpaired) electrons. The van der Waals surface area contributed by atoms with Gasteiger partial charge >= 0.3 is 5.97 Å². The summed E-state index contributed by atoms with van der Waals surface area (Å²) in [7, 11) is 0. The Morgan fingerprint density at radius 1 is 1.25 bits per heavy atom. The monoisotopic (exact) mass is 451 g/mol. The molecule has 1 amide bonds. The number of para-hydroxylation sites is 1. The van der Waals surface area contributed by atoms with Gasteiger partial charge in [0.15, 0.2) is 24.7 Å². The first kappa shape index (κ1) is 20.1. The Morgan fingerprint density at radius 2 is 2.04 bits per heavy atom. The van der Waals surface area contributed by atoms with Gasteiger partial charge in [-0.25, -0.2) is 9.18 Å². The first-order valence-corrected chi connectivity index (χ1v) is 9.37. The van der Waals surface area contributed by atoms with E-state index in [1.807, 2.05) is 26.0 Å². The number of hydrogen-bond acceptors (Lipinski definition) is 5. The van der Waals surface area contributed by atoms with Crippen LogP contribution in [0.2, 0.25) is 0 Å². The molecule has 0 unspecified atom stereocenters. The normalized spacial score (nSPS) is 14.0. The van der Waals surface area contributed by atoms with E-state index in [1.165, 1.54) is 12.1 Å². The third kappa shape index (κ3) is 5.01. The maximum absolute atomic E-state index is 13.7. The van der Waals surface area contributed by atoms with Crippen molar-refractivity contribution in [2.75, 3.05) is 18.5 Å². The maximum atomic E-state index is 13.7. The van der Waals surface area contributed by atoms with Crippen molar-refractivity contribution in [2.45, 2.75) is 25.9 Å². The molecule has 3 rings (SSSR count). The van der Waals surface area contributed by atoms with Gasteiger partial charge in [-0.05, 0) is 38.1 Å². The van der Waals surface area contributed by atoms with Gasteiger partial charge in [0.25, 0.3) is 5.91 Å². The number of rotatable bonds is 6. The molecular weight excluding hydrogens is 433 g/mol. The van der Waals surface area contributed by atoms with Gasteiger partial charge in [0.1, 0.15) is 11.4 Å². The van der Waals surface area contributed by atoms with Crippen LogP contribution in [-0.4, -0.2) is 30.7 Å². The van der Waals surface area contributed by atoms with E-state index in [0.717, 1.165) is 12.0 Å². The lowest BCUT2D eigenvalue weighted by molar-refractivity contribution is -0.149. The van der Waals surface area contributed by atoms with Gasteiger partial charge in [0, 0.05) is 16.5 Å². The zero-order valence-corrected chi connectivity index (χ0v) is 17.0. The molecule has 0 spiro atoms. The average Bonchev–Trinajstić information content (AvgIpc) is 2.95. The summed E-state index contributed by atoms with van der Waals surface area (Å²) in [4.78, 5) is 23.7. The highest BCUT2D eigenvalue weighted by molar-refractivity contribution is 9.10. The molecule has 2 aromatic rings. The largest absolute Gasteiger partial charge is 0.483 e. The number of halogens is 2. The minimum atomic E-state index is -0.721. The van der Waals surface area contributed by atoms with Gasteiger partial charge in [-0.3, -0.25) is 4.79 Å². The molecule has 0 aliphatic carbocycles. The van der Waals surface area contributed by atoms with E-state index in [-0.39, 0.29) is 17.9 Å². The van der Waals surface area contributed by atoms with Crippen molar-refractivity contribution in [1.82, 2.24) is 0 Å². The van der Waals surface area contributed by atoms with Gasteiger partial charge in [0.05, 0.1) is 5.69 Å². The Morgan fingerprint density at radius 3 is 2.79 bits per heavy atom. The number of hydrogen-bond donors (Lipinski definition) is 1. The number of benzene rings is 2. The van der Waals surface area contributed by atoms with Crippen LogP contribution in [0.4, 0.5) is 10.1 Å². The molecule has 8 heteroatoms. The van der Waals surface area contributed by atoms with Crippen LogP contribution in [-0.2, 0) is 20.7 Å². The molecule has 148 valence electrons. The fraction of sp³-hybridized carbons (Fsp3) is 0.300. The third-order valence-corrected chi connectivity index (χ3v) is 4.46. The van der Waals surface area contributed by atoms with Crippen molar-refractivity contribution >= 4 is 33.5 Å². The Bertz CT molecular complexity index is 915. The van der Waals surface area contributed by atoms with E-state index in [2.05, 4.69) is 21.2 Å². The van der Waals surface area contributed by atoms with E-state index >= 15 is 0 Å². The van der Waals surface area contributed by atoms with Crippen molar-refractivity contribution in [3.05, 3.63) is 52.3 Å². The van der Waals surface area contributed by atoms with E-state index in [9.17, 15) is 14.0 Å². The summed E-state index contributed by atoms with van der Waals surface area (Å²) >= 11 is 3.13. The predicted octanol–water partition coefficient (Wildman–Crippen LogP) is 3.86. The lowest BCUT2D eigenvalue weighted by atomic mass is 10.0. The van der Waals surface area contributed by atoms with Crippen molar-refractivity contribution in [3.8, 4) is 11.5 Å². The summed E-state index contributed by atoms with van der Waals surface area (Å²) in [5.41, 5.74) is 0.676. The standard InChI is InChI=1S/C20H19BrFNO5/c1-20(2)9-12-4-3-5-16(19(12)28-20)26-11-18(25)27-10-17(24)23-15-7-6-13(21)8-14(15)22/h3-8H,9-11H2,1-2H3,(H,23,24).